The average molecular weight is 241 g/mol. The van der Waals surface area contributed by atoms with Crippen LogP contribution in [0.15, 0.2) is 6.20 Å². The van der Waals surface area contributed by atoms with Gasteiger partial charge < -0.3 is 10.5 Å². The number of nitrogen functional groups attached to an aromatic ring is 1. The number of anilines is 1. The lowest BCUT2D eigenvalue weighted by Crippen LogP contribution is -2.12. The molecule has 17 heavy (non-hydrogen) atoms. The number of methoxy groups -OCH3 is 1. The number of hydrogen-bond acceptors (Lipinski definition) is 5. The van der Waals surface area contributed by atoms with Gasteiger partial charge >= 0.3 is 5.97 Å². The summed E-state index contributed by atoms with van der Waals surface area (Å²) >= 11 is 0. The van der Waals surface area contributed by atoms with Crippen LogP contribution in [-0.2, 0) is 16.0 Å². The summed E-state index contributed by atoms with van der Waals surface area (Å²) in [6.07, 6.45) is -2.39. The van der Waals surface area contributed by atoms with E-state index >= 15 is 0 Å². The van der Waals surface area contributed by atoms with Crippen molar-refractivity contribution in [3.05, 3.63) is 22.9 Å². The minimum atomic E-state index is -2.91. The van der Waals surface area contributed by atoms with Gasteiger partial charge in [-0.25, -0.2) is 13.8 Å². The van der Waals surface area contributed by atoms with E-state index in [9.17, 15) is 13.6 Å². The highest BCUT2D eigenvalue weighted by Gasteiger charge is 2.23. The third-order valence-electron chi connectivity index (χ3n) is 2.14. The predicted molar refractivity (Wildman–Crippen MR) is 54.0 cm³/mol. The number of carbonyl (C=O) groups is 1. The zero-order valence-electron chi connectivity index (χ0n) is 8.91. The highest BCUT2D eigenvalue weighted by Crippen LogP contribution is 2.29. The number of aromatic nitrogens is 1. The molecule has 0 amide bonds. The molecule has 7 heteroatoms. The Kier molecular flexibility index (Phi) is 3.93. The number of pyridine rings is 1. The van der Waals surface area contributed by atoms with Crippen LogP contribution in [0.4, 0.5) is 14.6 Å². The van der Waals surface area contributed by atoms with Crippen molar-refractivity contribution in [2.45, 2.75) is 12.8 Å². The fourth-order valence-electron chi connectivity index (χ4n) is 1.32. The number of rotatable bonds is 3. The van der Waals surface area contributed by atoms with Gasteiger partial charge in [-0.15, -0.1) is 0 Å². The second-order valence-electron chi connectivity index (χ2n) is 3.11. The molecule has 1 aromatic heterocycles. The monoisotopic (exact) mass is 241 g/mol. The first-order valence-electron chi connectivity index (χ1n) is 4.53. The number of ether oxygens (including phenoxy) is 1. The highest BCUT2D eigenvalue weighted by atomic mass is 19.3. The van der Waals surface area contributed by atoms with E-state index in [1.807, 2.05) is 0 Å². The topological polar surface area (TPSA) is 89.0 Å². The lowest BCUT2D eigenvalue weighted by atomic mass is 10.0. The van der Waals surface area contributed by atoms with Gasteiger partial charge in [-0.05, 0) is 0 Å². The van der Waals surface area contributed by atoms with E-state index in [0.717, 1.165) is 13.3 Å². The van der Waals surface area contributed by atoms with Crippen molar-refractivity contribution < 1.29 is 18.3 Å². The first-order chi connectivity index (χ1) is 8.01. The molecule has 0 aliphatic heterocycles. The predicted octanol–water partition coefficient (Wildman–Crippen LogP) is 1.19. The van der Waals surface area contributed by atoms with E-state index < -0.39 is 24.4 Å². The molecule has 0 fully saturated rings. The molecule has 90 valence electrons. The average Bonchev–Trinajstić information content (AvgIpc) is 2.30. The van der Waals surface area contributed by atoms with Gasteiger partial charge in [0, 0.05) is 17.3 Å². The molecule has 5 nitrogen and oxygen atoms in total. The number of halogens is 2. The molecule has 2 N–H and O–H groups in total. The van der Waals surface area contributed by atoms with Crippen LogP contribution in [0, 0.1) is 11.3 Å². The molecule has 0 spiro atoms. The Morgan fingerprint density at radius 1 is 1.71 bits per heavy atom. The third kappa shape index (κ3) is 2.66. The van der Waals surface area contributed by atoms with Gasteiger partial charge in [0.1, 0.15) is 11.9 Å². The molecule has 1 rings (SSSR count). The van der Waals surface area contributed by atoms with E-state index in [1.165, 1.54) is 0 Å². The maximum atomic E-state index is 12.8. The lowest BCUT2D eigenvalue weighted by Gasteiger charge is -2.11. The Morgan fingerprint density at radius 3 is 2.82 bits per heavy atom. The van der Waals surface area contributed by atoms with E-state index in [2.05, 4.69) is 9.72 Å². The van der Waals surface area contributed by atoms with Crippen molar-refractivity contribution >= 4 is 11.8 Å². The number of carbonyl (C=O) groups excluding carboxylic acids is 1. The minimum Gasteiger partial charge on any atom is -0.469 e. The summed E-state index contributed by atoms with van der Waals surface area (Å²) < 4.78 is 30.0. The summed E-state index contributed by atoms with van der Waals surface area (Å²) in [4.78, 5) is 14.7. The summed E-state index contributed by atoms with van der Waals surface area (Å²) in [5.41, 5.74) is 4.40. The summed E-state index contributed by atoms with van der Waals surface area (Å²) in [7, 11) is 1.13. The Bertz CT molecular complexity index is 483. The SMILES string of the molecule is COC(=O)Cc1c(N)ncc(C#N)c1C(F)F. The van der Waals surface area contributed by atoms with E-state index in [4.69, 9.17) is 11.0 Å². The molecule has 0 aliphatic rings. The van der Waals surface area contributed by atoms with Crippen molar-refractivity contribution in [3.63, 3.8) is 0 Å². The second kappa shape index (κ2) is 5.21. The van der Waals surface area contributed by atoms with Crippen LogP contribution in [0.2, 0.25) is 0 Å². The fraction of sp³-hybridized carbons (Fsp3) is 0.300. The van der Waals surface area contributed by atoms with Crippen molar-refractivity contribution in [3.8, 4) is 6.07 Å². The van der Waals surface area contributed by atoms with Crippen LogP contribution in [0.3, 0.4) is 0 Å². The number of alkyl halides is 2. The van der Waals surface area contributed by atoms with E-state index in [0.29, 0.717) is 0 Å². The lowest BCUT2D eigenvalue weighted by molar-refractivity contribution is -0.139. The number of esters is 1. The van der Waals surface area contributed by atoms with Gasteiger partial charge in [0.2, 0.25) is 0 Å². The quantitative estimate of drug-likeness (QED) is 0.803. The van der Waals surface area contributed by atoms with Gasteiger partial charge in [0.05, 0.1) is 19.1 Å². The van der Waals surface area contributed by atoms with Crippen LogP contribution in [0.25, 0.3) is 0 Å². The number of nitrogens with two attached hydrogens (primary N) is 1. The first kappa shape index (κ1) is 12.8. The van der Waals surface area contributed by atoms with Crippen LogP contribution >= 0.6 is 0 Å². The molecule has 0 atom stereocenters. The maximum Gasteiger partial charge on any atom is 0.310 e. The van der Waals surface area contributed by atoms with Crippen LogP contribution in [-0.4, -0.2) is 18.1 Å². The molecule has 0 radical (unpaired) electrons. The molecule has 0 saturated carbocycles. The first-order valence-corrected chi connectivity index (χ1v) is 4.53. The Hall–Kier alpha value is -2.23. The van der Waals surface area contributed by atoms with Crippen LogP contribution < -0.4 is 5.73 Å². The van der Waals surface area contributed by atoms with Crippen molar-refractivity contribution in [2.24, 2.45) is 0 Å². The standard InChI is InChI=1S/C10H9F2N3O2/c1-17-7(16)2-6-8(9(11)12)5(3-13)4-15-10(6)14/h4,9H,2H2,1H3,(H2,14,15). The summed E-state index contributed by atoms with van der Waals surface area (Å²) in [5, 5.41) is 8.69. The number of hydrogen-bond donors (Lipinski definition) is 1. The maximum absolute atomic E-state index is 12.8. The van der Waals surface area contributed by atoms with E-state index in [-0.39, 0.29) is 16.9 Å². The molecular weight excluding hydrogens is 232 g/mol. The molecule has 0 unspecified atom stereocenters. The molecular formula is C10H9F2N3O2. The zero-order chi connectivity index (χ0) is 13.0. The van der Waals surface area contributed by atoms with Crippen LogP contribution in [0.5, 0.6) is 0 Å². The summed E-state index contributed by atoms with van der Waals surface area (Å²) in [6.45, 7) is 0. The van der Waals surface area contributed by atoms with Gasteiger partial charge in [-0.3, -0.25) is 4.79 Å². The van der Waals surface area contributed by atoms with Crippen molar-refractivity contribution in [1.29, 1.82) is 5.26 Å². The molecule has 1 heterocycles. The van der Waals surface area contributed by atoms with Gasteiger partial charge in [0.15, 0.2) is 0 Å². The fourth-order valence-corrected chi connectivity index (χ4v) is 1.32. The second-order valence-corrected chi connectivity index (χ2v) is 3.11. The van der Waals surface area contributed by atoms with Gasteiger partial charge in [-0.2, -0.15) is 5.26 Å². The van der Waals surface area contributed by atoms with Gasteiger partial charge in [0.25, 0.3) is 6.43 Å². The molecule has 0 bridgehead atoms. The Balaban J connectivity index is 3.35. The van der Waals surface area contributed by atoms with Gasteiger partial charge in [-0.1, -0.05) is 0 Å². The summed E-state index contributed by atoms with van der Waals surface area (Å²) in [6, 6.07) is 1.59. The molecule has 0 saturated heterocycles. The highest BCUT2D eigenvalue weighted by molar-refractivity contribution is 5.75. The normalized spacial score (nSPS) is 10.1. The largest absolute Gasteiger partial charge is 0.469 e. The molecule has 1 aromatic rings. The Morgan fingerprint density at radius 2 is 2.35 bits per heavy atom. The molecule has 0 aliphatic carbocycles. The van der Waals surface area contributed by atoms with Crippen molar-refractivity contribution in [1.82, 2.24) is 4.98 Å². The van der Waals surface area contributed by atoms with E-state index in [1.54, 1.807) is 6.07 Å². The third-order valence-corrected chi connectivity index (χ3v) is 2.14. The summed E-state index contributed by atoms with van der Waals surface area (Å²) in [5.74, 6) is -0.930. The number of nitrogens with zero attached hydrogens (tertiary/aromatic N) is 2. The smallest absolute Gasteiger partial charge is 0.310 e. The number of nitriles is 1. The Labute approximate surface area is 95.8 Å². The zero-order valence-corrected chi connectivity index (χ0v) is 8.91. The minimum absolute atomic E-state index is 0.161. The van der Waals surface area contributed by atoms with Crippen molar-refractivity contribution in [2.75, 3.05) is 12.8 Å². The van der Waals surface area contributed by atoms with Crippen LogP contribution in [0.1, 0.15) is 23.1 Å². The molecule has 0 aromatic carbocycles.